The van der Waals surface area contributed by atoms with Crippen molar-refractivity contribution in [3.63, 3.8) is 0 Å². The van der Waals surface area contributed by atoms with Gasteiger partial charge in [-0.05, 0) is 59.0 Å². The Morgan fingerprint density at radius 1 is 1.03 bits per heavy atom. The molecule has 2 heterocycles. The van der Waals surface area contributed by atoms with Crippen molar-refractivity contribution in [1.82, 2.24) is 25.2 Å². The number of nitriles is 1. The quantitative estimate of drug-likeness (QED) is 0.410. The second-order valence-electron chi connectivity index (χ2n) is 7.18. The Hall–Kier alpha value is -4.37. The van der Waals surface area contributed by atoms with E-state index in [0.29, 0.717) is 17.4 Å². The largest absolute Gasteiger partial charge is 0.456 e. The molecular weight excluding hydrogens is 456 g/mol. The summed E-state index contributed by atoms with van der Waals surface area (Å²) < 4.78 is 65.6. The van der Waals surface area contributed by atoms with Gasteiger partial charge in [-0.3, -0.25) is 4.98 Å². The standard InChI is InChI=1S/C22H14F4N6O2/c23-15-3-7-18(19(24)9-15)21(33,12-32-13-29-30-31-32)22(25,26)20-8-6-17(11-28-20)34-16-4-1-14(10-27)2-5-16/h1-9,11,13,33H,12H2. The first-order chi connectivity index (χ1) is 16.2. The van der Waals surface area contributed by atoms with Crippen LogP contribution in [0, 0.1) is 23.0 Å². The van der Waals surface area contributed by atoms with E-state index in [2.05, 4.69) is 20.5 Å². The molecule has 0 aliphatic rings. The normalized spacial score (nSPS) is 13.2. The molecule has 0 saturated heterocycles. The van der Waals surface area contributed by atoms with Crippen LogP contribution in [-0.2, 0) is 18.1 Å². The molecule has 0 fully saturated rings. The van der Waals surface area contributed by atoms with Crippen LogP contribution in [0.15, 0.2) is 67.1 Å². The zero-order valence-corrected chi connectivity index (χ0v) is 17.1. The molecule has 12 heteroatoms. The van der Waals surface area contributed by atoms with Crippen molar-refractivity contribution in [2.24, 2.45) is 0 Å². The zero-order valence-electron chi connectivity index (χ0n) is 17.1. The number of hydrogen-bond acceptors (Lipinski definition) is 7. The number of rotatable bonds is 7. The summed E-state index contributed by atoms with van der Waals surface area (Å²) in [5.74, 6) is -6.12. The van der Waals surface area contributed by atoms with Crippen LogP contribution in [-0.4, -0.2) is 30.3 Å². The van der Waals surface area contributed by atoms with Crippen LogP contribution in [0.1, 0.15) is 16.8 Å². The molecule has 1 atom stereocenters. The van der Waals surface area contributed by atoms with Gasteiger partial charge in [0.15, 0.2) is 5.60 Å². The molecule has 0 bridgehead atoms. The first kappa shape index (κ1) is 22.8. The molecule has 34 heavy (non-hydrogen) atoms. The lowest BCUT2D eigenvalue weighted by Gasteiger charge is -2.35. The number of aromatic nitrogens is 5. The van der Waals surface area contributed by atoms with Crippen LogP contribution < -0.4 is 4.74 Å². The molecule has 172 valence electrons. The number of halogens is 4. The van der Waals surface area contributed by atoms with E-state index in [0.717, 1.165) is 35.4 Å². The van der Waals surface area contributed by atoms with Crippen LogP contribution >= 0.6 is 0 Å². The highest BCUT2D eigenvalue weighted by Crippen LogP contribution is 2.46. The summed E-state index contributed by atoms with van der Waals surface area (Å²) in [6, 6.07) is 12.0. The molecule has 4 rings (SSSR count). The molecule has 1 unspecified atom stereocenters. The van der Waals surface area contributed by atoms with E-state index in [4.69, 9.17) is 10.00 Å². The average Bonchev–Trinajstić information content (AvgIpc) is 3.32. The lowest BCUT2D eigenvalue weighted by Crippen LogP contribution is -2.48. The molecule has 4 aromatic rings. The Morgan fingerprint density at radius 2 is 1.76 bits per heavy atom. The third kappa shape index (κ3) is 4.28. The van der Waals surface area contributed by atoms with E-state index in [-0.39, 0.29) is 5.75 Å². The number of aliphatic hydroxyl groups is 1. The summed E-state index contributed by atoms with van der Waals surface area (Å²) >= 11 is 0. The summed E-state index contributed by atoms with van der Waals surface area (Å²) in [5.41, 5.74) is -4.59. The maximum Gasteiger partial charge on any atom is 0.323 e. The first-order valence-electron chi connectivity index (χ1n) is 9.64. The van der Waals surface area contributed by atoms with Gasteiger partial charge < -0.3 is 9.84 Å². The smallest absolute Gasteiger partial charge is 0.323 e. The highest BCUT2D eigenvalue weighted by molar-refractivity contribution is 5.38. The van der Waals surface area contributed by atoms with Crippen molar-refractivity contribution < 1.29 is 27.4 Å². The molecule has 0 aliphatic heterocycles. The Labute approximate surface area is 189 Å². The van der Waals surface area contributed by atoms with Gasteiger partial charge in [-0.2, -0.15) is 14.0 Å². The van der Waals surface area contributed by atoms with E-state index in [1.807, 2.05) is 6.07 Å². The molecular formula is C22H14F4N6O2. The van der Waals surface area contributed by atoms with Crippen LogP contribution in [0.25, 0.3) is 0 Å². The summed E-state index contributed by atoms with van der Waals surface area (Å²) in [5, 5.41) is 30.1. The topological polar surface area (TPSA) is 110 Å². The monoisotopic (exact) mass is 470 g/mol. The average molecular weight is 470 g/mol. The van der Waals surface area contributed by atoms with E-state index in [1.54, 1.807) is 0 Å². The summed E-state index contributed by atoms with van der Waals surface area (Å²) in [4.78, 5) is 3.70. The first-order valence-corrected chi connectivity index (χ1v) is 9.64. The number of nitrogens with zero attached hydrogens (tertiary/aromatic N) is 6. The molecule has 0 radical (unpaired) electrons. The summed E-state index contributed by atoms with van der Waals surface area (Å²) in [6.07, 6.45) is 1.96. The Kier molecular flexibility index (Phi) is 5.95. The third-order valence-corrected chi connectivity index (χ3v) is 4.96. The van der Waals surface area contributed by atoms with Gasteiger partial charge in [-0.25, -0.2) is 13.5 Å². The van der Waals surface area contributed by atoms with Crippen molar-refractivity contribution in [2.75, 3.05) is 0 Å². The Morgan fingerprint density at radius 3 is 2.35 bits per heavy atom. The molecule has 2 aromatic carbocycles. The Bertz CT molecular complexity index is 1330. The fraction of sp³-hybridized carbons (Fsp3) is 0.136. The van der Waals surface area contributed by atoms with Crippen molar-refractivity contribution in [1.29, 1.82) is 5.26 Å². The molecule has 0 saturated carbocycles. The fourth-order valence-corrected chi connectivity index (χ4v) is 3.24. The second-order valence-corrected chi connectivity index (χ2v) is 7.18. The molecule has 1 N–H and O–H groups in total. The number of ether oxygens (including phenoxy) is 1. The number of hydrogen-bond donors (Lipinski definition) is 1. The summed E-state index contributed by atoms with van der Waals surface area (Å²) in [6.45, 7) is -0.958. The van der Waals surface area contributed by atoms with Crippen molar-refractivity contribution in [3.8, 4) is 17.6 Å². The number of tetrazole rings is 1. The minimum Gasteiger partial charge on any atom is -0.456 e. The lowest BCUT2D eigenvalue weighted by molar-refractivity contribution is -0.207. The minimum atomic E-state index is -4.18. The van der Waals surface area contributed by atoms with Crippen molar-refractivity contribution in [3.05, 3.63) is 95.6 Å². The van der Waals surface area contributed by atoms with Gasteiger partial charge in [0.2, 0.25) is 0 Å². The number of alkyl halides is 2. The molecule has 0 spiro atoms. The van der Waals surface area contributed by atoms with Crippen molar-refractivity contribution in [2.45, 2.75) is 18.1 Å². The predicted octanol–water partition coefficient (Wildman–Crippen LogP) is 3.69. The van der Waals surface area contributed by atoms with Crippen LogP contribution in [0.2, 0.25) is 0 Å². The van der Waals surface area contributed by atoms with E-state index in [1.165, 1.54) is 30.3 Å². The van der Waals surface area contributed by atoms with Gasteiger partial charge in [-0.1, -0.05) is 0 Å². The second kappa shape index (κ2) is 8.87. The molecule has 2 aromatic heterocycles. The van der Waals surface area contributed by atoms with Gasteiger partial charge >= 0.3 is 5.92 Å². The maximum atomic E-state index is 15.7. The molecule has 0 amide bonds. The van der Waals surface area contributed by atoms with E-state index < -0.39 is 41.0 Å². The highest BCUT2D eigenvalue weighted by Gasteiger charge is 2.58. The number of pyridine rings is 1. The van der Waals surface area contributed by atoms with Gasteiger partial charge in [-0.15, -0.1) is 5.10 Å². The third-order valence-electron chi connectivity index (χ3n) is 4.96. The fourth-order valence-electron chi connectivity index (χ4n) is 3.24. The summed E-state index contributed by atoms with van der Waals surface area (Å²) in [7, 11) is 0. The highest BCUT2D eigenvalue weighted by atomic mass is 19.3. The maximum absolute atomic E-state index is 15.7. The van der Waals surface area contributed by atoms with Crippen molar-refractivity contribution >= 4 is 0 Å². The van der Waals surface area contributed by atoms with Gasteiger partial charge in [0.1, 0.15) is 35.2 Å². The van der Waals surface area contributed by atoms with Crippen LogP contribution in [0.5, 0.6) is 11.5 Å². The minimum absolute atomic E-state index is 0.0984. The predicted molar refractivity (Wildman–Crippen MR) is 107 cm³/mol. The Balaban J connectivity index is 1.68. The zero-order chi connectivity index (χ0) is 24.3. The number of benzene rings is 2. The SMILES string of the molecule is N#Cc1ccc(Oc2ccc(C(F)(F)C(O)(Cn3cnnn3)c3ccc(F)cc3F)nc2)cc1. The van der Waals surface area contributed by atoms with Gasteiger partial charge in [0.05, 0.1) is 24.4 Å². The van der Waals surface area contributed by atoms with Gasteiger partial charge in [0, 0.05) is 11.6 Å². The molecule has 0 aliphatic carbocycles. The van der Waals surface area contributed by atoms with E-state index >= 15 is 8.78 Å². The lowest BCUT2D eigenvalue weighted by atomic mass is 9.84. The molecule has 8 nitrogen and oxygen atoms in total. The van der Waals surface area contributed by atoms with E-state index in [9.17, 15) is 13.9 Å². The van der Waals surface area contributed by atoms with Gasteiger partial charge in [0.25, 0.3) is 0 Å². The van der Waals surface area contributed by atoms with Crippen LogP contribution in [0.3, 0.4) is 0 Å². The van der Waals surface area contributed by atoms with Crippen LogP contribution in [0.4, 0.5) is 17.6 Å².